The third-order valence-corrected chi connectivity index (χ3v) is 5.17. The average molecular weight is 414 g/mol. The number of nitrogens with zero attached hydrogens (tertiary/aromatic N) is 3. The van der Waals surface area contributed by atoms with Crippen molar-refractivity contribution in [3.8, 4) is 11.3 Å². The molecule has 0 spiro atoms. The topological polar surface area (TPSA) is 111 Å². The largest absolute Gasteiger partial charge is 0.478 e. The summed E-state index contributed by atoms with van der Waals surface area (Å²) in [6, 6.07) is 6.54. The summed E-state index contributed by atoms with van der Waals surface area (Å²) >= 11 is 1.16. The van der Waals surface area contributed by atoms with E-state index in [4.69, 9.17) is 5.73 Å². The summed E-state index contributed by atoms with van der Waals surface area (Å²) in [7, 11) is 0. The number of aromatic nitrogens is 3. The molecule has 1 amide bonds. The van der Waals surface area contributed by atoms with Gasteiger partial charge >= 0.3 is 5.97 Å². The highest BCUT2D eigenvalue weighted by molar-refractivity contribution is 7.09. The summed E-state index contributed by atoms with van der Waals surface area (Å²) in [6.45, 7) is 0. The zero-order valence-corrected chi connectivity index (χ0v) is 15.4. The molecule has 0 fully saturated rings. The lowest BCUT2D eigenvalue weighted by atomic mass is 10.0. The number of fused-ring (bicyclic) bond motifs is 1. The van der Waals surface area contributed by atoms with E-state index >= 15 is 4.39 Å². The minimum Gasteiger partial charge on any atom is -0.478 e. The van der Waals surface area contributed by atoms with Gasteiger partial charge in [-0.1, -0.05) is 12.1 Å². The lowest BCUT2D eigenvalue weighted by molar-refractivity contribution is -0.120. The van der Waals surface area contributed by atoms with Crippen LogP contribution in [-0.2, 0) is 4.79 Å². The molecule has 0 aliphatic heterocycles. The number of carbonyl (C=O) groups is 2. The first kappa shape index (κ1) is 18.7. The number of aromatic carboxylic acids is 1. The van der Waals surface area contributed by atoms with Gasteiger partial charge in [0.1, 0.15) is 22.3 Å². The number of benzene rings is 2. The van der Waals surface area contributed by atoms with E-state index in [1.54, 1.807) is 5.38 Å². The van der Waals surface area contributed by atoms with Gasteiger partial charge in [0.05, 0.1) is 16.5 Å². The Hall–Kier alpha value is -3.66. The highest BCUT2D eigenvalue weighted by atomic mass is 32.1. The molecule has 0 saturated carbocycles. The molecule has 2 heterocycles. The van der Waals surface area contributed by atoms with E-state index < -0.39 is 35.1 Å². The van der Waals surface area contributed by atoms with E-state index in [2.05, 4.69) is 10.1 Å². The number of hydrogen-bond acceptors (Lipinski definition) is 5. The number of amides is 1. The molecule has 1 unspecified atom stereocenters. The van der Waals surface area contributed by atoms with Crippen molar-refractivity contribution in [2.75, 3.05) is 0 Å². The van der Waals surface area contributed by atoms with Gasteiger partial charge in [-0.15, -0.1) is 11.3 Å². The van der Waals surface area contributed by atoms with Crippen molar-refractivity contribution in [1.82, 2.24) is 14.8 Å². The molecule has 4 aromatic rings. The molecule has 4 rings (SSSR count). The second kappa shape index (κ2) is 7.06. The van der Waals surface area contributed by atoms with Crippen molar-refractivity contribution in [2.24, 2.45) is 5.73 Å². The molecule has 0 aliphatic rings. The molecule has 146 valence electrons. The maximum atomic E-state index is 15.1. The number of rotatable bonds is 5. The molecule has 3 N–H and O–H groups in total. The maximum absolute atomic E-state index is 15.1. The number of halogens is 2. The van der Waals surface area contributed by atoms with E-state index in [-0.39, 0.29) is 22.2 Å². The Morgan fingerprint density at radius 1 is 1.21 bits per heavy atom. The van der Waals surface area contributed by atoms with Crippen LogP contribution in [0.1, 0.15) is 21.4 Å². The van der Waals surface area contributed by atoms with Gasteiger partial charge in [0.15, 0.2) is 6.04 Å². The van der Waals surface area contributed by atoms with Crippen LogP contribution in [0, 0.1) is 11.6 Å². The Balaban J connectivity index is 2.08. The van der Waals surface area contributed by atoms with Crippen molar-refractivity contribution in [3.05, 3.63) is 70.2 Å². The quantitative estimate of drug-likeness (QED) is 0.521. The van der Waals surface area contributed by atoms with Gasteiger partial charge in [0, 0.05) is 17.1 Å². The van der Waals surface area contributed by atoms with Crippen LogP contribution in [0.5, 0.6) is 0 Å². The van der Waals surface area contributed by atoms with Crippen LogP contribution in [0.3, 0.4) is 0 Å². The third kappa shape index (κ3) is 3.13. The van der Waals surface area contributed by atoms with Crippen LogP contribution in [-0.4, -0.2) is 31.7 Å². The second-order valence-corrected chi connectivity index (χ2v) is 7.03. The van der Waals surface area contributed by atoms with E-state index in [1.165, 1.54) is 35.1 Å². The van der Waals surface area contributed by atoms with Gasteiger partial charge in [-0.3, -0.25) is 4.79 Å². The zero-order chi connectivity index (χ0) is 20.7. The molecule has 7 nitrogen and oxygen atoms in total. The standard InChI is InChI=1S/C19H12F2N4O3S/c20-10-3-1-2-9(8-10)15-13-12(5-4-11(14(13)21)19(27)28)25(24-15)16(17(22)26)18-23-6-7-29-18/h1-8,16H,(H2,22,26)(H,27,28). The summed E-state index contributed by atoms with van der Waals surface area (Å²) < 4.78 is 30.1. The van der Waals surface area contributed by atoms with Crippen molar-refractivity contribution in [1.29, 1.82) is 0 Å². The Kier molecular flexibility index (Phi) is 4.55. The Morgan fingerprint density at radius 3 is 2.62 bits per heavy atom. The van der Waals surface area contributed by atoms with Crippen molar-refractivity contribution in [3.63, 3.8) is 0 Å². The van der Waals surface area contributed by atoms with Gasteiger partial charge in [-0.05, 0) is 24.3 Å². The normalized spacial score (nSPS) is 12.2. The number of primary amides is 1. The number of thiazole rings is 1. The first-order valence-electron chi connectivity index (χ1n) is 8.27. The molecule has 2 aromatic heterocycles. The summed E-state index contributed by atoms with van der Waals surface area (Å²) in [5, 5.41) is 15.4. The van der Waals surface area contributed by atoms with Gasteiger partial charge in [0.25, 0.3) is 0 Å². The molecule has 0 radical (unpaired) electrons. The number of carboxylic acid groups (broad SMARTS) is 1. The number of carboxylic acids is 1. The molecule has 10 heteroatoms. The first-order valence-corrected chi connectivity index (χ1v) is 9.15. The smallest absolute Gasteiger partial charge is 0.338 e. The predicted molar refractivity (Wildman–Crippen MR) is 101 cm³/mol. The monoisotopic (exact) mass is 414 g/mol. The number of nitrogens with two attached hydrogens (primary N) is 1. The average Bonchev–Trinajstić information content (AvgIpc) is 3.31. The molecule has 29 heavy (non-hydrogen) atoms. The lowest BCUT2D eigenvalue weighted by Crippen LogP contribution is -2.28. The Labute approximate surface area is 166 Å². The fraction of sp³-hybridized carbons (Fsp3) is 0.0526. The lowest BCUT2D eigenvalue weighted by Gasteiger charge is -2.12. The van der Waals surface area contributed by atoms with E-state index in [1.807, 2.05) is 0 Å². The predicted octanol–water partition coefficient (Wildman–Crippen LogP) is 3.21. The van der Waals surface area contributed by atoms with Gasteiger partial charge in [0.2, 0.25) is 5.91 Å². The molecular formula is C19H12F2N4O3S. The van der Waals surface area contributed by atoms with Crippen LogP contribution < -0.4 is 5.73 Å². The third-order valence-electron chi connectivity index (χ3n) is 4.34. The fourth-order valence-electron chi connectivity index (χ4n) is 3.11. The van der Waals surface area contributed by atoms with Crippen molar-refractivity contribution >= 4 is 34.1 Å². The van der Waals surface area contributed by atoms with Crippen molar-refractivity contribution in [2.45, 2.75) is 6.04 Å². The highest BCUT2D eigenvalue weighted by Gasteiger charge is 2.29. The molecular weight excluding hydrogens is 402 g/mol. The van der Waals surface area contributed by atoms with Gasteiger partial charge in [-0.2, -0.15) is 5.10 Å². The Bertz CT molecular complexity index is 1250. The molecule has 0 bridgehead atoms. The van der Waals surface area contributed by atoms with E-state index in [9.17, 15) is 19.1 Å². The van der Waals surface area contributed by atoms with Gasteiger partial charge in [-0.25, -0.2) is 23.2 Å². The molecule has 1 atom stereocenters. The minimum atomic E-state index is -1.46. The first-order chi connectivity index (χ1) is 13.9. The SMILES string of the molecule is NC(=O)C(c1nccs1)n1nc(-c2cccc(F)c2)c2c(F)c(C(=O)O)ccc21. The van der Waals surface area contributed by atoms with Crippen LogP contribution in [0.15, 0.2) is 48.0 Å². The van der Waals surface area contributed by atoms with Crippen LogP contribution in [0.4, 0.5) is 8.78 Å². The second-order valence-electron chi connectivity index (χ2n) is 6.11. The van der Waals surface area contributed by atoms with Gasteiger partial charge < -0.3 is 10.8 Å². The number of hydrogen-bond donors (Lipinski definition) is 2. The summed E-state index contributed by atoms with van der Waals surface area (Å²) in [4.78, 5) is 27.7. The summed E-state index contributed by atoms with van der Waals surface area (Å²) in [6.07, 6.45) is 1.48. The van der Waals surface area contributed by atoms with Crippen molar-refractivity contribution < 1.29 is 23.5 Å². The number of carbonyl (C=O) groups excluding carboxylic acids is 1. The zero-order valence-electron chi connectivity index (χ0n) is 14.5. The van der Waals surface area contributed by atoms with E-state index in [0.29, 0.717) is 5.01 Å². The maximum Gasteiger partial charge on any atom is 0.338 e. The van der Waals surface area contributed by atoms with Crippen LogP contribution >= 0.6 is 11.3 Å². The highest BCUT2D eigenvalue weighted by Crippen LogP contribution is 2.35. The Morgan fingerprint density at radius 2 is 2.00 bits per heavy atom. The van der Waals surface area contributed by atoms with Crippen LogP contribution in [0.2, 0.25) is 0 Å². The molecule has 0 saturated heterocycles. The van der Waals surface area contributed by atoms with E-state index in [0.717, 1.165) is 23.5 Å². The summed E-state index contributed by atoms with van der Waals surface area (Å²) in [5.41, 5.74) is 5.33. The minimum absolute atomic E-state index is 0.0112. The molecule has 2 aromatic carbocycles. The summed E-state index contributed by atoms with van der Waals surface area (Å²) in [5.74, 6) is -3.86. The van der Waals surface area contributed by atoms with Crippen LogP contribution in [0.25, 0.3) is 22.2 Å². The fourth-order valence-corrected chi connectivity index (χ4v) is 3.84. The molecule has 0 aliphatic carbocycles.